The topological polar surface area (TPSA) is 29.1 Å². The summed E-state index contributed by atoms with van der Waals surface area (Å²) < 4.78 is 1.15. The number of hydrogen-bond donors (Lipinski definition) is 1. The zero-order valence-corrected chi connectivity index (χ0v) is 9.25. The molecule has 0 unspecified atom stereocenters. The maximum Gasteiger partial charge on any atom is 0.256 e. The van der Waals surface area contributed by atoms with E-state index in [1.165, 1.54) is 0 Å². The summed E-state index contributed by atoms with van der Waals surface area (Å²) >= 11 is 2.24. The molecule has 1 aliphatic rings. The summed E-state index contributed by atoms with van der Waals surface area (Å²) in [5.41, 5.74) is 2.70. The predicted molar refractivity (Wildman–Crippen MR) is 61.4 cm³/mol. The van der Waals surface area contributed by atoms with Crippen molar-refractivity contribution in [1.29, 1.82) is 0 Å². The molecule has 0 radical (unpaired) electrons. The number of fused-ring (bicyclic) bond motifs is 1. The second-order valence-electron chi connectivity index (χ2n) is 2.85. The van der Waals surface area contributed by atoms with Crippen LogP contribution in [0, 0.1) is 3.57 Å². The monoisotopic (exact) mass is 285 g/mol. The van der Waals surface area contributed by atoms with Gasteiger partial charge in [0.15, 0.2) is 0 Å². The first-order valence-corrected chi connectivity index (χ1v) is 5.08. The minimum absolute atomic E-state index is 0.000463. The van der Waals surface area contributed by atoms with Crippen LogP contribution in [0.15, 0.2) is 24.3 Å². The van der Waals surface area contributed by atoms with Gasteiger partial charge in [-0.3, -0.25) is 4.79 Å². The average Bonchev–Trinajstić information content (AvgIpc) is 2.40. The molecule has 0 aliphatic carbocycles. The molecule has 0 atom stereocenters. The molecule has 66 valence electrons. The van der Waals surface area contributed by atoms with Crippen LogP contribution in [-0.2, 0) is 4.79 Å². The highest BCUT2D eigenvalue weighted by Crippen LogP contribution is 2.32. The molecule has 0 saturated carbocycles. The Morgan fingerprint density at radius 1 is 1.46 bits per heavy atom. The Morgan fingerprint density at radius 2 is 2.23 bits per heavy atom. The lowest BCUT2D eigenvalue weighted by Gasteiger charge is -1.97. The van der Waals surface area contributed by atoms with Gasteiger partial charge in [-0.05, 0) is 47.7 Å². The Labute approximate surface area is 90.2 Å². The van der Waals surface area contributed by atoms with Gasteiger partial charge >= 0.3 is 0 Å². The molecule has 1 aromatic carbocycles. The maximum absolute atomic E-state index is 11.4. The molecule has 2 nitrogen and oxygen atoms in total. The summed E-state index contributed by atoms with van der Waals surface area (Å²) in [4.78, 5) is 11.4. The van der Waals surface area contributed by atoms with Gasteiger partial charge in [-0.25, -0.2) is 0 Å². The van der Waals surface area contributed by atoms with Crippen LogP contribution in [0.3, 0.4) is 0 Å². The molecule has 1 aromatic rings. The highest BCUT2D eigenvalue weighted by molar-refractivity contribution is 14.1. The van der Waals surface area contributed by atoms with Crippen molar-refractivity contribution < 1.29 is 4.79 Å². The quantitative estimate of drug-likeness (QED) is 0.576. The van der Waals surface area contributed by atoms with Crippen LogP contribution in [0.25, 0.3) is 5.57 Å². The Morgan fingerprint density at radius 3 is 2.92 bits per heavy atom. The fraction of sp³-hybridized carbons (Fsp3) is 0.100. The second-order valence-corrected chi connectivity index (χ2v) is 4.09. The van der Waals surface area contributed by atoms with Gasteiger partial charge < -0.3 is 5.32 Å². The van der Waals surface area contributed by atoms with Crippen molar-refractivity contribution in [2.45, 2.75) is 6.92 Å². The summed E-state index contributed by atoms with van der Waals surface area (Å²) in [5.74, 6) is -0.000463. The number of carbonyl (C=O) groups is 1. The predicted octanol–water partition coefficient (Wildman–Crippen LogP) is 2.65. The van der Waals surface area contributed by atoms with Crippen molar-refractivity contribution in [2.75, 3.05) is 5.32 Å². The first-order valence-electron chi connectivity index (χ1n) is 4.00. The summed E-state index contributed by atoms with van der Waals surface area (Å²) in [6.07, 6.45) is 1.84. The van der Waals surface area contributed by atoms with Gasteiger partial charge in [-0.2, -0.15) is 0 Å². The minimum atomic E-state index is -0.000463. The number of allylic oxidation sites excluding steroid dienone is 1. The molecular formula is C10H8INO. The van der Waals surface area contributed by atoms with Gasteiger partial charge in [0.1, 0.15) is 0 Å². The van der Waals surface area contributed by atoms with Crippen molar-refractivity contribution in [2.24, 2.45) is 0 Å². The largest absolute Gasteiger partial charge is 0.321 e. The molecule has 0 fully saturated rings. The first-order chi connectivity index (χ1) is 6.22. The van der Waals surface area contributed by atoms with Gasteiger partial charge in [-0.15, -0.1) is 0 Å². The van der Waals surface area contributed by atoms with Crippen LogP contribution in [0.1, 0.15) is 12.5 Å². The summed E-state index contributed by atoms with van der Waals surface area (Å²) in [7, 11) is 0. The van der Waals surface area contributed by atoms with Crippen molar-refractivity contribution in [1.82, 2.24) is 0 Å². The lowest BCUT2D eigenvalue weighted by atomic mass is 10.1. The van der Waals surface area contributed by atoms with E-state index >= 15 is 0 Å². The lowest BCUT2D eigenvalue weighted by Crippen LogP contribution is -2.03. The van der Waals surface area contributed by atoms with Gasteiger partial charge in [0.25, 0.3) is 5.91 Å². The van der Waals surface area contributed by atoms with Crippen LogP contribution in [0.4, 0.5) is 5.69 Å². The molecule has 0 aromatic heterocycles. The maximum atomic E-state index is 11.4. The van der Waals surface area contributed by atoms with Gasteiger partial charge in [-0.1, -0.05) is 6.08 Å². The second kappa shape index (κ2) is 3.14. The number of benzene rings is 1. The molecule has 0 spiro atoms. The zero-order chi connectivity index (χ0) is 9.42. The van der Waals surface area contributed by atoms with Crippen molar-refractivity contribution in [3.63, 3.8) is 0 Å². The fourth-order valence-corrected chi connectivity index (χ4v) is 1.94. The number of anilines is 1. The van der Waals surface area contributed by atoms with E-state index < -0.39 is 0 Å². The summed E-state index contributed by atoms with van der Waals surface area (Å²) in [6.45, 7) is 1.88. The fourth-order valence-electron chi connectivity index (χ4n) is 1.45. The highest BCUT2D eigenvalue weighted by Gasteiger charge is 2.22. The number of halogens is 1. The molecule has 1 N–H and O–H groups in total. The van der Waals surface area contributed by atoms with E-state index in [1.807, 2.05) is 31.2 Å². The molecule has 1 heterocycles. The molecule has 0 saturated heterocycles. The van der Waals surface area contributed by atoms with E-state index in [0.29, 0.717) is 0 Å². The van der Waals surface area contributed by atoms with E-state index in [1.54, 1.807) is 0 Å². The van der Waals surface area contributed by atoms with E-state index in [0.717, 1.165) is 20.4 Å². The molecule has 13 heavy (non-hydrogen) atoms. The van der Waals surface area contributed by atoms with Crippen LogP contribution in [-0.4, -0.2) is 5.91 Å². The minimum Gasteiger partial charge on any atom is -0.321 e. The van der Waals surface area contributed by atoms with Crippen molar-refractivity contribution in [3.8, 4) is 0 Å². The third-order valence-corrected chi connectivity index (χ3v) is 2.72. The molecule has 0 bridgehead atoms. The highest BCUT2D eigenvalue weighted by atomic mass is 127. The Balaban J connectivity index is 2.63. The zero-order valence-electron chi connectivity index (χ0n) is 7.10. The summed E-state index contributed by atoms with van der Waals surface area (Å²) in [6, 6.07) is 5.94. The van der Waals surface area contributed by atoms with Gasteiger partial charge in [0.2, 0.25) is 0 Å². The third-order valence-electron chi connectivity index (χ3n) is 2.05. The molecule has 2 rings (SSSR count). The first kappa shape index (κ1) is 8.74. The van der Waals surface area contributed by atoms with Crippen LogP contribution < -0.4 is 5.32 Å². The van der Waals surface area contributed by atoms with Gasteiger partial charge in [0, 0.05) is 20.4 Å². The smallest absolute Gasteiger partial charge is 0.256 e. The molecule has 1 aliphatic heterocycles. The van der Waals surface area contributed by atoms with Crippen LogP contribution in [0.2, 0.25) is 0 Å². The molecular weight excluding hydrogens is 277 g/mol. The van der Waals surface area contributed by atoms with Crippen LogP contribution >= 0.6 is 22.6 Å². The summed E-state index contributed by atoms with van der Waals surface area (Å²) in [5, 5.41) is 2.82. The van der Waals surface area contributed by atoms with Gasteiger partial charge in [0.05, 0.1) is 0 Å². The van der Waals surface area contributed by atoms with E-state index in [-0.39, 0.29) is 5.91 Å². The standard InChI is InChI=1S/C10H8INO/c1-2-7-8-5-6(11)3-4-9(8)12-10(7)13/h2-5H,1H3,(H,12,13)/b7-2-. The molecule has 1 amide bonds. The number of nitrogens with one attached hydrogen (secondary N) is 1. The normalized spacial score (nSPS) is 17.4. The van der Waals surface area contributed by atoms with E-state index in [9.17, 15) is 4.79 Å². The number of carbonyl (C=O) groups excluding carboxylic acids is 1. The third kappa shape index (κ3) is 1.37. The Kier molecular flexibility index (Phi) is 2.11. The van der Waals surface area contributed by atoms with E-state index in [2.05, 4.69) is 27.9 Å². The number of hydrogen-bond acceptors (Lipinski definition) is 1. The van der Waals surface area contributed by atoms with Crippen molar-refractivity contribution >= 4 is 39.8 Å². The Bertz CT molecular complexity index is 409. The number of rotatable bonds is 0. The van der Waals surface area contributed by atoms with E-state index in [4.69, 9.17) is 0 Å². The number of amides is 1. The SMILES string of the molecule is C/C=C1\C(=O)Nc2ccc(I)cc21. The average molecular weight is 285 g/mol. The van der Waals surface area contributed by atoms with Crippen molar-refractivity contribution in [3.05, 3.63) is 33.4 Å². The van der Waals surface area contributed by atoms with Crippen LogP contribution in [0.5, 0.6) is 0 Å². The Hall–Kier alpha value is -0.840. The lowest BCUT2D eigenvalue weighted by molar-refractivity contribution is -0.110. The molecule has 3 heteroatoms.